The highest BCUT2D eigenvalue weighted by Crippen LogP contribution is 2.12. The standard InChI is InChI=1S/C15H22N2O2/c1-11-3-5-13(6-4-11)9-17-8-12(2)16-7-14(10-17)15(18)19/h3-6,12,14,16H,7-10H2,1-2H3,(H,18,19). The normalized spacial score (nSPS) is 24.9. The van der Waals surface area contributed by atoms with E-state index in [2.05, 4.69) is 48.3 Å². The van der Waals surface area contributed by atoms with E-state index in [1.54, 1.807) is 0 Å². The summed E-state index contributed by atoms with van der Waals surface area (Å²) in [5, 5.41) is 12.5. The molecule has 0 amide bonds. The van der Waals surface area contributed by atoms with Crippen LogP contribution in [0.4, 0.5) is 0 Å². The summed E-state index contributed by atoms with van der Waals surface area (Å²) in [5.41, 5.74) is 2.49. The Balaban J connectivity index is 2.04. The molecule has 0 spiro atoms. The molecule has 4 nitrogen and oxygen atoms in total. The number of carboxylic acids is 1. The summed E-state index contributed by atoms with van der Waals surface area (Å²) in [4.78, 5) is 13.4. The lowest BCUT2D eigenvalue weighted by atomic mass is 10.1. The molecule has 0 saturated carbocycles. The fourth-order valence-electron chi connectivity index (χ4n) is 2.49. The van der Waals surface area contributed by atoms with E-state index < -0.39 is 5.97 Å². The molecule has 1 aromatic carbocycles. The molecule has 0 radical (unpaired) electrons. The number of hydrogen-bond donors (Lipinski definition) is 2. The van der Waals surface area contributed by atoms with Crippen molar-refractivity contribution < 1.29 is 9.90 Å². The first-order chi connectivity index (χ1) is 9.04. The van der Waals surface area contributed by atoms with Gasteiger partial charge in [0.15, 0.2) is 0 Å². The van der Waals surface area contributed by atoms with Crippen molar-refractivity contribution in [1.82, 2.24) is 10.2 Å². The van der Waals surface area contributed by atoms with Gasteiger partial charge in [-0.25, -0.2) is 0 Å². The van der Waals surface area contributed by atoms with Gasteiger partial charge in [0.05, 0.1) is 5.92 Å². The Bertz CT molecular complexity index is 430. The number of aryl methyl sites for hydroxylation is 1. The van der Waals surface area contributed by atoms with Crippen LogP contribution in [0.5, 0.6) is 0 Å². The lowest BCUT2D eigenvalue weighted by Gasteiger charge is -2.23. The van der Waals surface area contributed by atoms with Crippen LogP contribution in [-0.2, 0) is 11.3 Å². The number of carboxylic acid groups (broad SMARTS) is 1. The van der Waals surface area contributed by atoms with Gasteiger partial charge >= 0.3 is 5.97 Å². The molecule has 1 fully saturated rings. The second kappa shape index (κ2) is 6.17. The van der Waals surface area contributed by atoms with E-state index in [9.17, 15) is 9.90 Å². The largest absolute Gasteiger partial charge is 0.481 e. The third kappa shape index (κ3) is 4.04. The van der Waals surface area contributed by atoms with Crippen molar-refractivity contribution in [1.29, 1.82) is 0 Å². The molecule has 2 atom stereocenters. The van der Waals surface area contributed by atoms with Crippen LogP contribution in [0.2, 0.25) is 0 Å². The summed E-state index contributed by atoms with van der Waals surface area (Å²) >= 11 is 0. The van der Waals surface area contributed by atoms with E-state index in [-0.39, 0.29) is 5.92 Å². The summed E-state index contributed by atoms with van der Waals surface area (Å²) in [6.45, 7) is 7.05. The number of aliphatic carboxylic acids is 1. The lowest BCUT2D eigenvalue weighted by molar-refractivity contribution is -0.142. The van der Waals surface area contributed by atoms with Gasteiger partial charge in [0.2, 0.25) is 0 Å². The van der Waals surface area contributed by atoms with Gasteiger partial charge in [-0.15, -0.1) is 0 Å². The summed E-state index contributed by atoms with van der Waals surface area (Å²) in [6, 6.07) is 8.77. The maximum absolute atomic E-state index is 11.2. The van der Waals surface area contributed by atoms with E-state index in [1.165, 1.54) is 11.1 Å². The van der Waals surface area contributed by atoms with Crippen molar-refractivity contribution in [2.75, 3.05) is 19.6 Å². The molecule has 104 valence electrons. The monoisotopic (exact) mass is 262 g/mol. The summed E-state index contributed by atoms with van der Waals surface area (Å²) in [6.07, 6.45) is 0. The van der Waals surface area contributed by atoms with Gasteiger partial charge in [0.25, 0.3) is 0 Å². The van der Waals surface area contributed by atoms with Gasteiger partial charge < -0.3 is 10.4 Å². The van der Waals surface area contributed by atoms with Crippen LogP contribution in [0.3, 0.4) is 0 Å². The fraction of sp³-hybridized carbons (Fsp3) is 0.533. The van der Waals surface area contributed by atoms with E-state index in [0.29, 0.717) is 19.1 Å². The second-order valence-corrected chi connectivity index (χ2v) is 5.52. The van der Waals surface area contributed by atoms with E-state index in [0.717, 1.165) is 13.1 Å². The Kier molecular flexibility index (Phi) is 4.56. The van der Waals surface area contributed by atoms with Gasteiger partial charge in [-0.3, -0.25) is 9.69 Å². The zero-order valence-electron chi connectivity index (χ0n) is 11.6. The van der Waals surface area contributed by atoms with Crippen LogP contribution in [-0.4, -0.2) is 41.7 Å². The average Bonchev–Trinajstić information content (AvgIpc) is 2.54. The number of hydrogen-bond acceptors (Lipinski definition) is 3. The molecule has 1 aromatic rings. The van der Waals surface area contributed by atoms with Gasteiger partial charge in [-0.1, -0.05) is 29.8 Å². The van der Waals surface area contributed by atoms with Gasteiger partial charge in [0, 0.05) is 32.2 Å². The quantitative estimate of drug-likeness (QED) is 0.866. The minimum Gasteiger partial charge on any atom is -0.481 e. The molecule has 1 heterocycles. The minimum absolute atomic E-state index is 0.324. The van der Waals surface area contributed by atoms with Crippen molar-refractivity contribution in [3.05, 3.63) is 35.4 Å². The Hall–Kier alpha value is -1.39. The van der Waals surface area contributed by atoms with Crippen LogP contribution < -0.4 is 5.32 Å². The SMILES string of the molecule is Cc1ccc(CN2CC(C)NCC(C(=O)O)C2)cc1. The third-order valence-corrected chi connectivity index (χ3v) is 3.60. The third-order valence-electron chi connectivity index (χ3n) is 3.60. The molecular formula is C15H22N2O2. The molecule has 2 rings (SSSR count). The molecule has 2 unspecified atom stereocenters. The van der Waals surface area contributed by atoms with Crippen LogP contribution in [0.25, 0.3) is 0 Å². The molecule has 4 heteroatoms. The first-order valence-corrected chi connectivity index (χ1v) is 6.78. The minimum atomic E-state index is -0.712. The highest BCUT2D eigenvalue weighted by atomic mass is 16.4. The number of benzene rings is 1. The zero-order valence-corrected chi connectivity index (χ0v) is 11.6. The van der Waals surface area contributed by atoms with E-state index in [1.807, 2.05) is 0 Å². The molecule has 1 aliphatic rings. The molecule has 19 heavy (non-hydrogen) atoms. The number of nitrogens with zero attached hydrogens (tertiary/aromatic N) is 1. The van der Waals surface area contributed by atoms with Crippen molar-refractivity contribution in [2.45, 2.75) is 26.4 Å². The number of carbonyl (C=O) groups is 1. The highest BCUT2D eigenvalue weighted by Gasteiger charge is 2.26. The topological polar surface area (TPSA) is 52.6 Å². The predicted molar refractivity (Wildman–Crippen MR) is 75.0 cm³/mol. The van der Waals surface area contributed by atoms with Crippen LogP contribution in [0, 0.1) is 12.8 Å². The second-order valence-electron chi connectivity index (χ2n) is 5.52. The Morgan fingerprint density at radius 3 is 2.68 bits per heavy atom. The van der Waals surface area contributed by atoms with Gasteiger partial charge in [-0.2, -0.15) is 0 Å². The highest BCUT2D eigenvalue weighted by molar-refractivity contribution is 5.70. The fourth-order valence-corrected chi connectivity index (χ4v) is 2.49. The van der Waals surface area contributed by atoms with Crippen LogP contribution in [0.15, 0.2) is 24.3 Å². The molecule has 1 aliphatic heterocycles. The Labute approximate surface area is 114 Å². The summed E-state index contributed by atoms with van der Waals surface area (Å²) in [5.74, 6) is -1.04. The Morgan fingerprint density at radius 1 is 1.37 bits per heavy atom. The molecule has 0 aromatic heterocycles. The predicted octanol–water partition coefficient (Wildman–Crippen LogP) is 1.49. The van der Waals surface area contributed by atoms with E-state index >= 15 is 0 Å². The first-order valence-electron chi connectivity index (χ1n) is 6.78. The molecule has 1 saturated heterocycles. The van der Waals surface area contributed by atoms with Crippen molar-refractivity contribution in [3.8, 4) is 0 Å². The van der Waals surface area contributed by atoms with Crippen molar-refractivity contribution >= 4 is 5.97 Å². The smallest absolute Gasteiger partial charge is 0.309 e. The van der Waals surface area contributed by atoms with Crippen LogP contribution in [0.1, 0.15) is 18.1 Å². The summed E-state index contributed by atoms with van der Waals surface area (Å²) < 4.78 is 0. The molecule has 0 bridgehead atoms. The van der Waals surface area contributed by atoms with Crippen LogP contribution >= 0.6 is 0 Å². The lowest BCUT2D eigenvalue weighted by Crippen LogP contribution is -2.35. The Morgan fingerprint density at radius 2 is 2.05 bits per heavy atom. The maximum Gasteiger partial charge on any atom is 0.309 e. The van der Waals surface area contributed by atoms with Gasteiger partial charge in [-0.05, 0) is 19.4 Å². The number of nitrogens with one attached hydrogen (secondary N) is 1. The molecule has 0 aliphatic carbocycles. The van der Waals surface area contributed by atoms with Crippen molar-refractivity contribution in [3.63, 3.8) is 0 Å². The average molecular weight is 262 g/mol. The zero-order chi connectivity index (χ0) is 13.8. The van der Waals surface area contributed by atoms with Gasteiger partial charge in [0.1, 0.15) is 0 Å². The molecular weight excluding hydrogens is 240 g/mol. The number of rotatable bonds is 3. The van der Waals surface area contributed by atoms with E-state index in [4.69, 9.17) is 0 Å². The van der Waals surface area contributed by atoms with Crippen molar-refractivity contribution in [2.24, 2.45) is 5.92 Å². The maximum atomic E-state index is 11.2. The molecule has 2 N–H and O–H groups in total. The first kappa shape index (κ1) is 14.0. The summed E-state index contributed by atoms with van der Waals surface area (Å²) in [7, 11) is 0.